The number of hydrogen-bond donors (Lipinski definition) is 1. The van der Waals surface area contributed by atoms with Gasteiger partial charge in [0.2, 0.25) is 11.8 Å². The van der Waals surface area contributed by atoms with E-state index in [1.807, 2.05) is 0 Å². The van der Waals surface area contributed by atoms with Gasteiger partial charge in [0.1, 0.15) is 12.1 Å². The molecule has 18 heavy (non-hydrogen) atoms. The zero-order valence-corrected chi connectivity index (χ0v) is 9.63. The highest BCUT2D eigenvalue weighted by atomic mass is 16.2. The summed E-state index contributed by atoms with van der Waals surface area (Å²) in [7, 11) is 0. The molecule has 1 heterocycles. The summed E-state index contributed by atoms with van der Waals surface area (Å²) in [6.45, 7) is 2.26. The Labute approximate surface area is 102 Å². The van der Waals surface area contributed by atoms with Gasteiger partial charge < -0.3 is 5.73 Å². The first-order valence-electron chi connectivity index (χ1n) is 4.71. The second-order valence-corrected chi connectivity index (χ2v) is 3.23. The van der Waals surface area contributed by atoms with Gasteiger partial charge in [-0.3, -0.25) is 9.59 Å². The number of aromatic nitrogens is 2. The van der Waals surface area contributed by atoms with Crippen molar-refractivity contribution in [2.45, 2.75) is 13.8 Å². The molecule has 0 aromatic carbocycles. The molecule has 2 amide bonds. The number of carbonyl (C=O) groups is 2. The van der Waals surface area contributed by atoms with Crippen LogP contribution >= 0.6 is 0 Å². The van der Waals surface area contributed by atoms with Crippen molar-refractivity contribution >= 4 is 23.5 Å². The molecule has 1 aromatic rings. The summed E-state index contributed by atoms with van der Waals surface area (Å²) in [6.07, 6.45) is 0. The van der Waals surface area contributed by atoms with Gasteiger partial charge in [-0.1, -0.05) is 0 Å². The highest BCUT2D eigenvalue weighted by molar-refractivity contribution is 6.13. The number of rotatable bonds is 1. The van der Waals surface area contributed by atoms with Crippen LogP contribution in [-0.4, -0.2) is 21.8 Å². The topological polar surface area (TPSA) is 137 Å². The average molecular weight is 244 g/mol. The lowest BCUT2D eigenvalue weighted by Gasteiger charge is -2.16. The first-order chi connectivity index (χ1) is 8.42. The molecule has 0 bridgehead atoms. The van der Waals surface area contributed by atoms with E-state index in [1.165, 1.54) is 0 Å². The lowest BCUT2D eigenvalue weighted by molar-refractivity contribution is -0.124. The quantitative estimate of drug-likeness (QED) is 0.715. The van der Waals surface area contributed by atoms with E-state index < -0.39 is 11.8 Å². The number of hydrogen-bond acceptors (Lipinski definition) is 7. The molecule has 0 atom stereocenters. The molecule has 8 nitrogen and oxygen atoms in total. The molecular weight excluding hydrogens is 236 g/mol. The Bertz CT molecular complexity index is 596. The minimum absolute atomic E-state index is 0.232. The zero-order valence-electron chi connectivity index (χ0n) is 9.63. The van der Waals surface area contributed by atoms with E-state index in [0.29, 0.717) is 4.90 Å². The number of imide groups is 1. The predicted octanol–water partition coefficient (Wildman–Crippen LogP) is -0.298. The molecule has 1 aromatic heterocycles. The maximum atomic E-state index is 11.4. The number of amides is 2. The smallest absolute Gasteiger partial charge is 0.231 e. The molecule has 0 fully saturated rings. The minimum Gasteiger partial charge on any atom is -0.381 e. The van der Waals surface area contributed by atoms with Gasteiger partial charge in [0.15, 0.2) is 23.0 Å². The third kappa shape index (κ3) is 2.23. The lowest BCUT2D eigenvalue weighted by atomic mass is 10.3. The maximum absolute atomic E-state index is 11.4. The number of nitriles is 2. The van der Waals surface area contributed by atoms with Crippen LogP contribution in [0.5, 0.6) is 0 Å². The highest BCUT2D eigenvalue weighted by Crippen LogP contribution is 2.19. The largest absolute Gasteiger partial charge is 0.381 e. The molecular formula is C10H8N6O2. The number of nitrogen functional groups attached to an aromatic ring is 1. The normalized spacial score (nSPS) is 9.11. The van der Waals surface area contributed by atoms with E-state index in [9.17, 15) is 9.59 Å². The molecule has 0 unspecified atom stereocenters. The molecule has 0 aliphatic rings. The Morgan fingerprint density at radius 2 is 1.61 bits per heavy atom. The Balaban J connectivity index is 3.57. The van der Waals surface area contributed by atoms with Crippen molar-refractivity contribution < 1.29 is 9.59 Å². The standard InChI is InChI=1S/C10H8N6O2/c1-5(17)16(6(2)18)10-8(4-12)14-9(13)7(3-11)15-10/h1-2H3,(H2,13,14). The molecule has 1 rings (SSSR count). The third-order valence-corrected chi connectivity index (χ3v) is 1.96. The Morgan fingerprint density at radius 3 is 2.00 bits per heavy atom. The first kappa shape index (κ1) is 13.1. The molecule has 2 N–H and O–H groups in total. The molecule has 90 valence electrons. The second-order valence-electron chi connectivity index (χ2n) is 3.23. The minimum atomic E-state index is -0.637. The summed E-state index contributed by atoms with van der Waals surface area (Å²) in [6, 6.07) is 3.33. The maximum Gasteiger partial charge on any atom is 0.231 e. The van der Waals surface area contributed by atoms with Gasteiger partial charge in [-0.15, -0.1) is 0 Å². The van der Waals surface area contributed by atoms with E-state index in [2.05, 4.69) is 9.97 Å². The van der Waals surface area contributed by atoms with Crippen LogP contribution in [0.2, 0.25) is 0 Å². The van der Waals surface area contributed by atoms with Gasteiger partial charge >= 0.3 is 0 Å². The number of nitrogens with zero attached hydrogens (tertiary/aromatic N) is 5. The van der Waals surface area contributed by atoms with E-state index >= 15 is 0 Å². The van der Waals surface area contributed by atoms with Crippen LogP contribution in [0.1, 0.15) is 25.2 Å². The third-order valence-electron chi connectivity index (χ3n) is 1.96. The number of anilines is 2. The van der Waals surface area contributed by atoms with E-state index in [-0.39, 0.29) is 23.0 Å². The van der Waals surface area contributed by atoms with Crippen molar-refractivity contribution in [3.05, 3.63) is 11.4 Å². The van der Waals surface area contributed by atoms with Crippen LogP contribution in [0.25, 0.3) is 0 Å². The van der Waals surface area contributed by atoms with E-state index in [0.717, 1.165) is 13.8 Å². The summed E-state index contributed by atoms with van der Waals surface area (Å²) in [5.41, 5.74) is 4.85. The van der Waals surface area contributed by atoms with Crippen LogP contribution in [0.3, 0.4) is 0 Å². The fourth-order valence-corrected chi connectivity index (χ4v) is 1.27. The van der Waals surface area contributed by atoms with Crippen molar-refractivity contribution in [2.24, 2.45) is 0 Å². The Kier molecular flexibility index (Phi) is 3.55. The summed E-state index contributed by atoms with van der Waals surface area (Å²) in [5.74, 6) is -1.79. The average Bonchev–Trinajstić information content (AvgIpc) is 2.29. The van der Waals surface area contributed by atoms with Crippen LogP contribution in [0, 0.1) is 22.7 Å². The van der Waals surface area contributed by atoms with Gasteiger partial charge in [0.25, 0.3) is 0 Å². The lowest BCUT2D eigenvalue weighted by Crippen LogP contribution is -2.35. The Morgan fingerprint density at radius 1 is 1.11 bits per heavy atom. The van der Waals surface area contributed by atoms with Crippen molar-refractivity contribution in [1.82, 2.24) is 9.97 Å². The second kappa shape index (κ2) is 4.89. The monoisotopic (exact) mass is 244 g/mol. The molecule has 0 radical (unpaired) electrons. The highest BCUT2D eigenvalue weighted by Gasteiger charge is 2.24. The molecule has 0 spiro atoms. The first-order valence-corrected chi connectivity index (χ1v) is 4.71. The van der Waals surface area contributed by atoms with Crippen molar-refractivity contribution in [3.8, 4) is 12.1 Å². The van der Waals surface area contributed by atoms with Gasteiger partial charge in [-0.2, -0.15) is 10.5 Å². The fourth-order valence-electron chi connectivity index (χ4n) is 1.27. The van der Waals surface area contributed by atoms with Gasteiger partial charge in [-0.05, 0) is 0 Å². The molecule has 8 heteroatoms. The molecule has 0 saturated heterocycles. The number of nitrogens with two attached hydrogens (primary N) is 1. The van der Waals surface area contributed by atoms with Crippen molar-refractivity contribution in [2.75, 3.05) is 10.6 Å². The van der Waals surface area contributed by atoms with Gasteiger partial charge in [0, 0.05) is 13.8 Å². The van der Waals surface area contributed by atoms with Gasteiger partial charge in [-0.25, -0.2) is 14.9 Å². The summed E-state index contributed by atoms with van der Waals surface area (Å²) in [5, 5.41) is 17.6. The van der Waals surface area contributed by atoms with Crippen LogP contribution in [0.15, 0.2) is 0 Å². The Hall–Kier alpha value is -3.00. The SMILES string of the molecule is CC(=O)N(C(C)=O)c1nc(C#N)c(N)nc1C#N. The summed E-state index contributed by atoms with van der Waals surface area (Å²) >= 11 is 0. The van der Waals surface area contributed by atoms with Crippen LogP contribution < -0.4 is 10.6 Å². The van der Waals surface area contributed by atoms with Crippen molar-refractivity contribution in [3.63, 3.8) is 0 Å². The van der Waals surface area contributed by atoms with Gasteiger partial charge in [0.05, 0.1) is 0 Å². The van der Waals surface area contributed by atoms with E-state index in [1.54, 1.807) is 12.1 Å². The zero-order chi connectivity index (χ0) is 13.9. The fraction of sp³-hybridized carbons (Fsp3) is 0.200. The molecule has 0 saturated carbocycles. The molecule has 0 aliphatic carbocycles. The van der Waals surface area contributed by atoms with Crippen LogP contribution in [0.4, 0.5) is 11.6 Å². The summed E-state index contributed by atoms with van der Waals surface area (Å²) < 4.78 is 0. The summed E-state index contributed by atoms with van der Waals surface area (Å²) in [4.78, 5) is 30.7. The van der Waals surface area contributed by atoms with Crippen molar-refractivity contribution in [1.29, 1.82) is 10.5 Å². The molecule has 0 aliphatic heterocycles. The number of carbonyl (C=O) groups excluding carboxylic acids is 2. The van der Waals surface area contributed by atoms with E-state index in [4.69, 9.17) is 16.3 Å². The predicted molar refractivity (Wildman–Crippen MR) is 59.7 cm³/mol. The van der Waals surface area contributed by atoms with Crippen LogP contribution in [-0.2, 0) is 9.59 Å².